The Kier molecular flexibility index (Phi) is 4.83. The van der Waals surface area contributed by atoms with Gasteiger partial charge < -0.3 is 0 Å². The number of rotatable bonds is 5. The Morgan fingerprint density at radius 2 is 1.93 bits per heavy atom. The highest BCUT2D eigenvalue weighted by Gasteiger charge is 2.14. The van der Waals surface area contributed by atoms with Crippen LogP contribution >= 0.6 is 22.7 Å². The lowest BCUT2D eigenvalue weighted by Crippen LogP contribution is -2.11. The van der Waals surface area contributed by atoms with E-state index >= 15 is 0 Å². The van der Waals surface area contributed by atoms with Crippen molar-refractivity contribution in [2.45, 2.75) is 20.3 Å². The number of aromatic amines is 1. The van der Waals surface area contributed by atoms with E-state index in [2.05, 4.69) is 44.5 Å². The van der Waals surface area contributed by atoms with Gasteiger partial charge in [-0.15, -0.1) is 22.7 Å². The van der Waals surface area contributed by atoms with Crippen LogP contribution < -0.4 is 5.32 Å². The highest BCUT2D eigenvalue weighted by Crippen LogP contribution is 2.34. The summed E-state index contributed by atoms with van der Waals surface area (Å²) in [6.45, 7) is 4.10. The molecule has 27 heavy (non-hydrogen) atoms. The van der Waals surface area contributed by atoms with Crippen LogP contribution in [-0.4, -0.2) is 26.1 Å². The number of amides is 1. The lowest BCUT2D eigenvalue weighted by Gasteiger charge is -2.03. The maximum absolute atomic E-state index is 12.5. The zero-order chi connectivity index (χ0) is 18.8. The van der Waals surface area contributed by atoms with Crippen LogP contribution in [0, 0.1) is 13.8 Å². The first-order valence-corrected chi connectivity index (χ1v) is 10.0. The number of carbonyl (C=O) groups excluding carboxylic acids is 1. The number of aryl methyl sites for hydroxylation is 2. The number of carbonyl (C=O) groups is 1. The van der Waals surface area contributed by atoms with Crippen LogP contribution in [0.2, 0.25) is 0 Å². The van der Waals surface area contributed by atoms with Crippen molar-refractivity contribution in [1.82, 2.24) is 20.2 Å². The van der Waals surface area contributed by atoms with Crippen molar-refractivity contribution in [3.05, 3.63) is 69.4 Å². The maximum Gasteiger partial charge on any atom is 0.257 e. The van der Waals surface area contributed by atoms with E-state index < -0.39 is 0 Å². The van der Waals surface area contributed by atoms with Crippen molar-refractivity contribution < 1.29 is 4.79 Å². The number of nitrogens with one attached hydrogen (secondary N) is 2. The second-order valence-corrected chi connectivity index (χ2v) is 8.59. The van der Waals surface area contributed by atoms with E-state index in [9.17, 15) is 4.79 Å². The van der Waals surface area contributed by atoms with E-state index in [4.69, 9.17) is 0 Å². The lowest BCUT2D eigenvalue weighted by atomic mass is 10.1. The molecule has 3 aromatic heterocycles. The fourth-order valence-electron chi connectivity index (χ4n) is 2.69. The van der Waals surface area contributed by atoms with Crippen molar-refractivity contribution in [3.8, 4) is 10.6 Å². The molecule has 0 fully saturated rings. The highest BCUT2D eigenvalue weighted by atomic mass is 32.1. The van der Waals surface area contributed by atoms with Crippen molar-refractivity contribution in [2.24, 2.45) is 0 Å². The zero-order valence-corrected chi connectivity index (χ0v) is 16.4. The molecule has 6 nitrogen and oxygen atoms in total. The van der Waals surface area contributed by atoms with Crippen molar-refractivity contribution in [1.29, 1.82) is 0 Å². The summed E-state index contributed by atoms with van der Waals surface area (Å²) in [5.41, 5.74) is 2.59. The summed E-state index contributed by atoms with van der Waals surface area (Å²) in [6, 6.07) is 11.6. The number of hydrogen-bond donors (Lipinski definition) is 2. The Morgan fingerprint density at radius 3 is 2.59 bits per heavy atom. The summed E-state index contributed by atoms with van der Waals surface area (Å²) in [5, 5.41) is 10.2. The number of benzene rings is 1. The molecule has 1 aromatic carbocycles. The van der Waals surface area contributed by atoms with E-state index in [-0.39, 0.29) is 5.91 Å². The molecule has 1 amide bonds. The molecule has 4 rings (SSSR count). The van der Waals surface area contributed by atoms with Gasteiger partial charge in [0.1, 0.15) is 12.2 Å². The summed E-state index contributed by atoms with van der Waals surface area (Å²) >= 11 is 3.20. The van der Waals surface area contributed by atoms with Gasteiger partial charge in [0, 0.05) is 21.7 Å². The molecule has 8 heteroatoms. The molecule has 0 saturated heterocycles. The number of thiazole rings is 1. The van der Waals surface area contributed by atoms with Crippen LogP contribution in [0.1, 0.15) is 31.5 Å². The number of thiophene rings is 1. The molecule has 0 bridgehead atoms. The molecular weight excluding hydrogens is 378 g/mol. The molecule has 2 N–H and O–H groups in total. The SMILES string of the molecule is Cc1ccc(-c2nc(NC(=O)c3ccc(Cc4ncn[nH]4)cc3)sc2C)s1. The van der Waals surface area contributed by atoms with Gasteiger partial charge in [0.15, 0.2) is 5.13 Å². The number of aromatic nitrogens is 4. The predicted octanol–water partition coefficient (Wildman–Crippen LogP) is 4.45. The third-order valence-electron chi connectivity index (χ3n) is 4.04. The van der Waals surface area contributed by atoms with Gasteiger partial charge in [-0.1, -0.05) is 12.1 Å². The Labute approximate surface area is 164 Å². The Balaban J connectivity index is 1.46. The minimum absolute atomic E-state index is 0.163. The number of nitrogens with zero attached hydrogens (tertiary/aromatic N) is 3. The molecule has 0 unspecified atom stereocenters. The number of H-pyrrole nitrogens is 1. The largest absolute Gasteiger partial charge is 0.298 e. The smallest absolute Gasteiger partial charge is 0.257 e. The molecule has 136 valence electrons. The van der Waals surface area contributed by atoms with Crippen LogP contribution in [0.15, 0.2) is 42.7 Å². The molecule has 0 saturated carbocycles. The van der Waals surface area contributed by atoms with E-state index in [0.717, 1.165) is 26.8 Å². The topological polar surface area (TPSA) is 83.6 Å². The monoisotopic (exact) mass is 395 g/mol. The van der Waals surface area contributed by atoms with Gasteiger partial charge in [-0.2, -0.15) is 5.10 Å². The molecule has 3 heterocycles. The molecule has 0 atom stereocenters. The fraction of sp³-hybridized carbons (Fsp3) is 0.158. The normalized spacial score (nSPS) is 10.9. The third kappa shape index (κ3) is 3.96. The molecule has 0 aliphatic carbocycles. The molecule has 0 radical (unpaired) electrons. The highest BCUT2D eigenvalue weighted by molar-refractivity contribution is 7.18. The van der Waals surface area contributed by atoms with Crippen LogP contribution in [-0.2, 0) is 6.42 Å². The summed E-state index contributed by atoms with van der Waals surface area (Å²) in [7, 11) is 0. The summed E-state index contributed by atoms with van der Waals surface area (Å²) in [6.07, 6.45) is 2.14. The molecular formula is C19H17N5OS2. The summed E-state index contributed by atoms with van der Waals surface area (Å²) in [5.74, 6) is 0.630. The zero-order valence-electron chi connectivity index (χ0n) is 14.8. The van der Waals surface area contributed by atoms with E-state index in [1.807, 2.05) is 31.2 Å². The first-order chi connectivity index (χ1) is 13.1. The molecule has 0 aliphatic rings. The standard InChI is InChI=1S/C19H17N5OS2/c1-11-3-8-15(26-11)17-12(2)27-19(22-17)23-18(25)14-6-4-13(5-7-14)9-16-20-10-21-24-16/h3-8,10H,9H2,1-2H3,(H,20,21,24)(H,22,23,25). The summed E-state index contributed by atoms with van der Waals surface area (Å²) in [4.78, 5) is 24.7. The maximum atomic E-state index is 12.5. The van der Waals surface area contributed by atoms with Crippen molar-refractivity contribution in [2.75, 3.05) is 5.32 Å². The van der Waals surface area contributed by atoms with Gasteiger partial charge in [-0.25, -0.2) is 9.97 Å². The molecule has 0 aliphatic heterocycles. The minimum atomic E-state index is -0.163. The first kappa shape index (κ1) is 17.6. The van der Waals surface area contributed by atoms with Gasteiger partial charge in [0.25, 0.3) is 5.91 Å². The lowest BCUT2D eigenvalue weighted by molar-refractivity contribution is 0.102. The average molecular weight is 396 g/mol. The van der Waals surface area contributed by atoms with E-state index in [1.54, 1.807) is 11.3 Å². The van der Waals surface area contributed by atoms with Gasteiger partial charge >= 0.3 is 0 Å². The quantitative estimate of drug-likeness (QED) is 0.523. The minimum Gasteiger partial charge on any atom is -0.298 e. The van der Waals surface area contributed by atoms with Crippen LogP contribution in [0.3, 0.4) is 0 Å². The van der Waals surface area contributed by atoms with Gasteiger partial charge in [-0.05, 0) is 43.7 Å². The Morgan fingerprint density at radius 1 is 1.11 bits per heavy atom. The molecule has 0 spiro atoms. The second kappa shape index (κ2) is 7.42. The van der Waals surface area contributed by atoms with E-state index in [1.165, 1.54) is 22.5 Å². The first-order valence-electron chi connectivity index (χ1n) is 8.37. The van der Waals surface area contributed by atoms with Crippen LogP contribution in [0.4, 0.5) is 5.13 Å². The van der Waals surface area contributed by atoms with Gasteiger partial charge in [0.2, 0.25) is 0 Å². The van der Waals surface area contributed by atoms with Crippen molar-refractivity contribution in [3.63, 3.8) is 0 Å². The van der Waals surface area contributed by atoms with Crippen LogP contribution in [0.25, 0.3) is 10.6 Å². The summed E-state index contributed by atoms with van der Waals surface area (Å²) < 4.78 is 0. The predicted molar refractivity (Wildman–Crippen MR) is 108 cm³/mol. The third-order valence-corrected chi connectivity index (χ3v) is 5.94. The van der Waals surface area contributed by atoms with Crippen LogP contribution in [0.5, 0.6) is 0 Å². The molecule has 4 aromatic rings. The van der Waals surface area contributed by atoms with Gasteiger partial charge in [0.05, 0.1) is 10.6 Å². The second-order valence-electron chi connectivity index (χ2n) is 6.09. The average Bonchev–Trinajstić information content (AvgIpc) is 3.38. The van der Waals surface area contributed by atoms with Crippen molar-refractivity contribution >= 4 is 33.7 Å². The number of anilines is 1. The van der Waals surface area contributed by atoms with E-state index in [0.29, 0.717) is 17.1 Å². The Bertz CT molecular complexity index is 1060. The number of hydrogen-bond acceptors (Lipinski definition) is 6. The Hall–Kier alpha value is -2.84. The fourth-order valence-corrected chi connectivity index (χ4v) is 4.49. The van der Waals surface area contributed by atoms with Gasteiger partial charge in [-0.3, -0.25) is 15.2 Å².